The van der Waals surface area contributed by atoms with Gasteiger partial charge in [0.25, 0.3) is 5.91 Å². The first kappa shape index (κ1) is 33.5. The number of nitrogen functional groups attached to an aromatic ring is 1. The van der Waals surface area contributed by atoms with Gasteiger partial charge in [0, 0.05) is 38.7 Å². The lowest BCUT2D eigenvalue weighted by Gasteiger charge is -2.23. The Morgan fingerprint density at radius 1 is 0.978 bits per heavy atom. The number of halogens is 2. The molecule has 3 N–H and O–H groups in total. The van der Waals surface area contributed by atoms with Crippen LogP contribution in [0.1, 0.15) is 69.6 Å². The molecule has 242 valence electrons. The van der Waals surface area contributed by atoms with Gasteiger partial charge in [0.1, 0.15) is 19.0 Å². The van der Waals surface area contributed by atoms with Gasteiger partial charge < -0.3 is 25.3 Å². The fourth-order valence-corrected chi connectivity index (χ4v) is 6.49. The van der Waals surface area contributed by atoms with Crippen molar-refractivity contribution in [3.8, 4) is 5.75 Å². The van der Waals surface area contributed by atoms with E-state index in [2.05, 4.69) is 21.2 Å². The first-order chi connectivity index (χ1) is 22.2. The van der Waals surface area contributed by atoms with Crippen molar-refractivity contribution in [1.29, 1.82) is 0 Å². The van der Waals surface area contributed by atoms with Crippen LogP contribution in [0.25, 0.3) is 10.9 Å². The highest BCUT2D eigenvalue weighted by Crippen LogP contribution is 2.31. The molecule has 0 unspecified atom stereocenters. The van der Waals surface area contributed by atoms with E-state index < -0.39 is 11.9 Å². The monoisotopic (exact) mass is 709 g/mol. The Morgan fingerprint density at radius 2 is 1.70 bits per heavy atom. The molecule has 0 saturated heterocycles. The molecule has 1 fully saturated rings. The molecule has 46 heavy (non-hydrogen) atoms. The molecular weight excluding hydrogens is 674 g/mol. The number of nitrogens with two attached hydrogens (primary N) is 1. The van der Waals surface area contributed by atoms with E-state index in [0.717, 1.165) is 18.4 Å². The molecule has 5 rings (SSSR count). The van der Waals surface area contributed by atoms with Crippen LogP contribution in [0.15, 0.2) is 59.1 Å². The van der Waals surface area contributed by atoms with E-state index in [0.29, 0.717) is 66.8 Å². The summed E-state index contributed by atoms with van der Waals surface area (Å²) in [5, 5.41) is 4.78. The number of methoxy groups -OCH3 is 1. The summed E-state index contributed by atoms with van der Waals surface area (Å²) in [5.74, 6) is -0.723. The highest BCUT2D eigenvalue weighted by molar-refractivity contribution is 9.10. The first-order valence-corrected chi connectivity index (χ1v) is 16.5. The number of nitrogens with one attached hydrogen (secondary N) is 1. The van der Waals surface area contributed by atoms with Crippen LogP contribution in [0.3, 0.4) is 0 Å². The lowest BCUT2D eigenvalue weighted by molar-refractivity contribution is -0.143. The van der Waals surface area contributed by atoms with Crippen molar-refractivity contribution in [3.05, 3.63) is 92.0 Å². The number of hydrogen-bond acceptors (Lipinski definition) is 8. The van der Waals surface area contributed by atoms with Gasteiger partial charge in [-0.3, -0.25) is 14.2 Å². The van der Waals surface area contributed by atoms with Gasteiger partial charge in [-0.25, -0.2) is 4.79 Å². The quantitative estimate of drug-likeness (QED) is 0.0969. The van der Waals surface area contributed by atoms with Gasteiger partial charge in [0.15, 0.2) is 0 Å². The smallest absolute Gasteiger partial charge is 0.338 e. The van der Waals surface area contributed by atoms with Crippen molar-refractivity contribution in [2.24, 2.45) is 0 Å². The zero-order valence-electron chi connectivity index (χ0n) is 25.9. The number of aromatic nitrogens is 1. The average Bonchev–Trinajstić information content (AvgIpc) is 3.33. The number of esters is 2. The second kappa shape index (κ2) is 15.2. The van der Waals surface area contributed by atoms with Gasteiger partial charge in [-0.1, -0.05) is 30.9 Å². The maximum absolute atomic E-state index is 13.5. The number of benzene rings is 3. The number of carbonyl (C=O) groups is 3. The number of anilines is 1. The van der Waals surface area contributed by atoms with Gasteiger partial charge in [-0.05, 0) is 101 Å². The Hall–Kier alpha value is -3.86. The van der Waals surface area contributed by atoms with Crippen molar-refractivity contribution in [2.75, 3.05) is 26.1 Å². The van der Waals surface area contributed by atoms with Crippen molar-refractivity contribution in [2.45, 2.75) is 58.0 Å². The number of hydrogen-bond donors (Lipinski definition) is 2. The van der Waals surface area contributed by atoms with E-state index >= 15 is 0 Å². The van der Waals surface area contributed by atoms with E-state index in [1.165, 1.54) is 19.3 Å². The molecular formula is C35H37BrClN3O6. The SMILES string of the molecule is COc1ccc2c(c1)c(CC(=O)OCCOC(=O)c1cc(Br)c(N)c(CNC3CCCCC3)c1)c(C)n2C(=O)c1ccc(Cl)cc1. The van der Waals surface area contributed by atoms with Gasteiger partial charge >= 0.3 is 11.9 Å². The standard InChI is InChI=1S/C35H37BrClN3O6/c1-21-28(29-18-27(44-2)12-13-31(29)40(21)34(42)22-8-10-25(37)11-9-22)19-32(41)45-14-15-46-35(43)23-16-24(33(38)30(36)17-23)20-39-26-6-4-3-5-7-26/h8-13,16-18,26,39H,3-7,14-15,19-20,38H2,1-2H3. The molecule has 1 aromatic heterocycles. The fraction of sp³-hybridized carbons (Fsp3) is 0.343. The van der Waals surface area contributed by atoms with Crippen LogP contribution in [0.4, 0.5) is 5.69 Å². The van der Waals surface area contributed by atoms with Crippen LogP contribution in [0.5, 0.6) is 5.75 Å². The fourth-order valence-electron chi connectivity index (χ4n) is 5.86. The topological polar surface area (TPSA) is 122 Å². The van der Waals surface area contributed by atoms with Crippen molar-refractivity contribution < 1.29 is 28.6 Å². The number of carbonyl (C=O) groups excluding carboxylic acids is 3. The minimum absolute atomic E-state index is 0.0907. The Morgan fingerprint density at radius 3 is 2.41 bits per heavy atom. The van der Waals surface area contributed by atoms with E-state index in [4.69, 9.17) is 31.5 Å². The van der Waals surface area contributed by atoms with Crippen LogP contribution >= 0.6 is 27.5 Å². The molecule has 0 atom stereocenters. The van der Waals surface area contributed by atoms with Gasteiger partial charge in [0.2, 0.25) is 0 Å². The number of rotatable bonds is 11. The Balaban J connectivity index is 1.21. The molecule has 0 spiro atoms. The molecule has 11 heteroatoms. The molecule has 0 amide bonds. The number of nitrogens with zero attached hydrogens (tertiary/aromatic N) is 1. The minimum Gasteiger partial charge on any atom is -0.497 e. The summed E-state index contributed by atoms with van der Waals surface area (Å²) in [5.41, 5.74) is 10.4. The van der Waals surface area contributed by atoms with Gasteiger partial charge in [0.05, 0.1) is 30.3 Å². The maximum atomic E-state index is 13.5. The summed E-state index contributed by atoms with van der Waals surface area (Å²) in [6, 6.07) is 15.8. The third kappa shape index (κ3) is 7.74. The maximum Gasteiger partial charge on any atom is 0.338 e. The predicted octanol–water partition coefficient (Wildman–Crippen LogP) is 7.01. The van der Waals surface area contributed by atoms with Crippen molar-refractivity contribution >= 4 is 62.0 Å². The van der Waals surface area contributed by atoms with Gasteiger partial charge in [-0.2, -0.15) is 0 Å². The predicted molar refractivity (Wildman–Crippen MR) is 182 cm³/mol. The first-order valence-electron chi connectivity index (χ1n) is 15.3. The molecule has 0 aliphatic heterocycles. The summed E-state index contributed by atoms with van der Waals surface area (Å²) in [7, 11) is 1.55. The van der Waals surface area contributed by atoms with Crippen molar-refractivity contribution in [1.82, 2.24) is 9.88 Å². The zero-order chi connectivity index (χ0) is 32.8. The third-order valence-corrected chi connectivity index (χ3v) is 9.28. The van der Waals surface area contributed by atoms with Gasteiger partial charge in [-0.15, -0.1) is 0 Å². The number of ether oxygens (including phenoxy) is 3. The van der Waals surface area contributed by atoms with Crippen LogP contribution in [-0.2, 0) is 27.2 Å². The zero-order valence-corrected chi connectivity index (χ0v) is 28.2. The van der Waals surface area contributed by atoms with E-state index in [1.807, 2.05) is 0 Å². The van der Waals surface area contributed by atoms with Crippen LogP contribution < -0.4 is 15.8 Å². The molecule has 0 bridgehead atoms. The molecule has 4 aromatic rings. The average molecular weight is 711 g/mol. The van der Waals surface area contributed by atoms with Crippen molar-refractivity contribution in [3.63, 3.8) is 0 Å². The van der Waals surface area contributed by atoms with E-state index in [1.54, 1.807) is 73.2 Å². The van der Waals surface area contributed by atoms with Crippen LogP contribution in [-0.4, -0.2) is 48.8 Å². The van der Waals surface area contributed by atoms with E-state index in [9.17, 15) is 14.4 Å². The molecule has 1 aliphatic carbocycles. The molecule has 1 heterocycles. The summed E-state index contributed by atoms with van der Waals surface area (Å²) in [6.07, 6.45) is 5.89. The van der Waals surface area contributed by atoms with Crippen LogP contribution in [0, 0.1) is 6.92 Å². The Labute approximate surface area is 281 Å². The number of fused-ring (bicyclic) bond motifs is 1. The largest absolute Gasteiger partial charge is 0.497 e. The molecule has 0 radical (unpaired) electrons. The molecule has 1 saturated carbocycles. The lowest BCUT2D eigenvalue weighted by atomic mass is 9.95. The third-order valence-electron chi connectivity index (χ3n) is 8.37. The second-order valence-corrected chi connectivity index (χ2v) is 12.7. The lowest BCUT2D eigenvalue weighted by Crippen LogP contribution is -2.30. The minimum atomic E-state index is -0.539. The summed E-state index contributed by atoms with van der Waals surface area (Å²) in [4.78, 5) is 39.3. The highest BCUT2D eigenvalue weighted by Gasteiger charge is 2.23. The molecule has 1 aliphatic rings. The normalized spacial score (nSPS) is 13.5. The second-order valence-electron chi connectivity index (χ2n) is 11.4. The van der Waals surface area contributed by atoms with E-state index in [-0.39, 0.29) is 25.5 Å². The van der Waals surface area contributed by atoms with Crippen LogP contribution in [0.2, 0.25) is 5.02 Å². The Kier molecular flexibility index (Phi) is 11.0. The molecule has 3 aromatic carbocycles. The highest BCUT2D eigenvalue weighted by atomic mass is 79.9. The summed E-state index contributed by atoms with van der Waals surface area (Å²) >= 11 is 9.47. The summed E-state index contributed by atoms with van der Waals surface area (Å²) < 4.78 is 18.5. The molecule has 9 nitrogen and oxygen atoms in total. The Bertz CT molecular complexity index is 1750. The summed E-state index contributed by atoms with van der Waals surface area (Å²) in [6.45, 7) is 2.10.